The van der Waals surface area contributed by atoms with Crippen molar-refractivity contribution in [3.05, 3.63) is 17.3 Å². The van der Waals surface area contributed by atoms with Crippen molar-refractivity contribution < 1.29 is 9.21 Å². The average Bonchev–Trinajstić information content (AvgIpc) is 3.04. The molecule has 1 aliphatic carbocycles. The first-order chi connectivity index (χ1) is 12.6. The molecule has 3 heterocycles. The number of rotatable bonds is 3. The first-order valence-electron chi connectivity index (χ1n) is 10.6. The molecular weight excluding hydrogens is 326 g/mol. The Bertz CT molecular complexity index is 625. The van der Waals surface area contributed by atoms with Crippen LogP contribution in [0.3, 0.4) is 0 Å². The van der Waals surface area contributed by atoms with E-state index in [9.17, 15) is 4.79 Å². The van der Waals surface area contributed by atoms with E-state index in [2.05, 4.69) is 23.7 Å². The minimum atomic E-state index is -0.0170. The lowest BCUT2D eigenvalue weighted by Gasteiger charge is -2.34. The third-order valence-electron chi connectivity index (χ3n) is 6.39. The number of hydrogen-bond donors (Lipinski definition) is 0. The van der Waals surface area contributed by atoms with E-state index in [1.54, 1.807) is 0 Å². The highest BCUT2D eigenvalue weighted by molar-refractivity contribution is 5.89. The number of carbonyl (C=O) groups excluding carboxylic acids is 1. The first kappa shape index (κ1) is 18.0. The van der Waals surface area contributed by atoms with E-state index in [4.69, 9.17) is 4.42 Å². The molecule has 5 heteroatoms. The fourth-order valence-corrected chi connectivity index (χ4v) is 5.20. The maximum Gasteiger partial charge on any atom is 0.309 e. The summed E-state index contributed by atoms with van der Waals surface area (Å²) in [6, 6.07) is 0. The van der Waals surface area contributed by atoms with Crippen LogP contribution in [0.25, 0.3) is 0 Å². The molecule has 0 N–H and O–H groups in total. The second-order valence-electron chi connectivity index (χ2n) is 9.03. The lowest BCUT2D eigenvalue weighted by atomic mass is 9.88. The largest absolute Gasteiger partial charge is 0.437 e. The van der Waals surface area contributed by atoms with E-state index in [1.165, 1.54) is 45.1 Å². The van der Waals surface area contributed by atoms with Crippen LogP contribution in [0, 0.1) is 17.8 Å². The molecule has 144 valence electrons. The van der Waals surface area contributed by atoms with Gasteiger partial charge in [-0.2, -0.15) is 0 Å². The van der Waals surface area contributed by atoms with Crippen molar-refractivity contribution in [2.75, 3.05) is 26.2 Å². The Balaban J connectivity index is 1.40. The number of likely N-dealkylation sites (tertiary alicyclic amines) is 1. The van der Waals surface area contributed by atoms with Gasteiger partial charge in [-0.25, -0.2) is 4.98 Å². The summed E-state index contributed by atoms with van der Waals surface area (Å²) >= 11 is 0. The number of aromatic nitrogens is 1. The predicted molar refractivity (Wildman–Crippen MR) is 101 cm³/mol. The number of piperidine rings is 1. The Labute approximate surface area is 157 Å². The van der Waals surface area contributed by atoms with Crippen molar-refractivity contribution >= 4 is 5.91 Å². The second-order valence-corrected chi connectivity index (χ2v) is 9.03. The summed E-state index contributed by atoms with van der Waals surface area (Å²) in [5.74, 6) is 3.19. The molecule has 1 amide bonds. The Morgan fingerprint density at radius 2 is 1.88 bits per heavy atom. The molecule has 4 rings (SSSR count). The summed E-state index contributed by atoms with van der Waals surface area (Å²) in [5.41, 5.74) is 0.994. The summed E-state index contributed by atoms with van der Waals surface area (Å²) in [7, 11) is 0. The van der Waals surface area contributed by atoms with Gasteiger partial charge in [0.05, 0.1) is 5.69 Å². The van der Waals surface area contributed by atoms with Gasteiger partial charge in [0.1, 0.15) is 5.76 Å². The van der Waals surface area contributed by atoms with Gasteiger partial charge < -0.3 is 9.32 Å². The van der Waals surface area contributed by atoms with Crippen LogP contribution < -0.4 is 0 Å². The third kappa shape index (κ3) is 3.98. The highest BCUT2D eigenvalue weighted by Crippen LogP contribution is 2.28. The number of fused-ring (bicyclic) bond motifs is 1. The number of carbonyl (C=O) groups is 1. The zero-order chi connectivity index (χ0) is 18.1. The van der Waals surface area contributed by atoms with Crippen LogP contribution in [0.1, 0.15) is 74.5 Å². The second kappa shape index (κ2) is 7.71. The zero-order valence-corrected chi connectivity index (χ0v) is 16.4. The summed E-state index contributed by atoms with van der Waals surface area (Å²) in [6.45, 7) is 9.14. The van der Waals surface area contributed by atoms with E-state index >= 15 is 0 Å². The first-order valence-corrected chi connectivity index (χ1v) is 10.6. The quantitative estimate of drug-likeness (QED) is 0.825. The molecule has 2 atom stereocenters. The monoisotopic (exact) mass is 359 g/mol. The Hall–Kier alpha value is -1.36. The standard InChI is InChI=1S/C21H33N3O2/c1-15-10-16(2)12-24(11-15)21(25)20-22-18-14-23(9-8-19(18)26-20)13-17-6-4-3-5-7-17/h15-17H,3-14H2,1-2H3/t15-,16-/m1/s1. The van der Waals surface area contributed by atoms with Crippen molar-refractivity contribution in [1.29, 1.82) is 0 Å². The molecule has 26 heavy (non-hydrogen) atoms. The normalized spacial score (nSPS) is 28.2. The van der Waals surface area contributed by atoms with E-state index in [-0.39, 0.29) is 5.91 Å². The van der Waals surface area contributed by atoms with Crippen molar-refractivity contribution in [2.24, 2.45) is 17.8 Å². The van der Waals surface area contributed by atoms with Gasteiger partial charge in [-0.3, -0.25) is 9.69 Å². The van der Waals surface area contributed by atoms with Crippen molar-refractivity contribution in [3.63, 3.8) is 0 Å². The van der Waals surface area contributed by atoms with Gasteiger partial charge in [0.15, 0.2) is 0 Å². The molecular formula is C21H33N3O2. The molecule has 1 saturated heterocycles. The smallest absolute Gasteiger partial charge is 0.309 e. The molecule has 1 saturated carbocycles. The van der Waals surface area contributed by atoms with E-state index in [1.807, 2.05) is 4.90 Å². The van der Waals surface area contributed by atoms with Crippen molar-refractivity contribution in [1.82, 2.24) is 14.8 Å². The predicted octanol–water partition coefficient (Wildman–Crippen LogP) is 3.73. The number of hydrogen-bond acceptors (Lipinski definition) is 4. The van der Waals surface area contributed by atoms with Crippen LogP contribution >= 0.6 is 0 Å². The number of amides is 1. The molecule has 0 radical (unpaired) electrons. The third-order valence-corrected chi connectivity index (χ3v) is 6.39. The van der Waals surface area contributed by atoms with Gasteiger partial charge >= 0.3 is 5.91 Å². The molecule has 0 spiro atoms. The molecule has 0 unspecified atom stereocenters. The van der Waals surface area contributed by atoms with Gasteiger partial charge in [-0.05, 0) is 37.0 Å². The fraction of sp³-hybridized carbons (Fsp3) is 0.810. The van der Waals surface area contributed by atoms with Gasteiger partial charge in [0.2, 0.25) is 0 Å². The molecule has 3 aliphatic rings. The van der Waals surface area contributed by atoms with E-state index in [0.29, 0.717) is 17.7 Å². The van der Waals surface area contributed by atoms with Crippen LogP contribution in [0.2, 0.25) is 0 Å². The molecule has 1 aromatic heterocycles. The Morgan fingerprint density at radius 3 is 2.62 bits per heavy atom. The lowest BCUT2D eigenvalue weighted by Crippen LogP contribution is -2.42. The van der Waals surface area contributed by atoms with E-state index < -0.39 is 0 Å². The molecule has 1 aromatic rings. The van der Waals surface area contributed by atoms with Gasteiger partial charge in [-0.15, -0.1) is 0 Å². The van der Waals surface area contributed by atoms with Gasteiger partial charge in [-0.1, -0.05) is 33.1 Å². The Morgan fingerprint density at radius 1 is 1.15 bits per heavy atom. The van der Waals surface area contributed by atoms with Crippen molar-refractivity contribution in [2.45, 2.75) is 65.3 Å². The maximum absolute atomic E-state index is 12.9. The zero-order valence-electron chi connectivity index (χ0n) is 16.4. The minimum absolute atomic E-state index is 0.0170. The van der Waals surface area contributed by atoms with Gasteiger partial charge in [0, 0.05) is 39.1 Å². The van der Waals surface area contributed by atoms with Crippen LogP contribution in [0.15, 0.2) is 4.42 Å². The SMILES string of the molecule is C[C@@H]1C[C@@H](C)CN(C(=O)c2nc3c(o2)CCN(CC2CCCCC2)C3)C1. The average molecular weight is 360 g/mol. The van der Waals surface area contributed by atoms with Crippen molar-refractivity contribution in [3.8, 4) is 0 Å². The summed E-state index contributed by atoms with van der Waals surface area (Å²) in [6.07, 6.45) is 9.01. The molecule has 2 fully saturated rings. The number of oxazole rings is 1. The summed E-state index contributed by atoms with van der Waals surface area (Å²) in [5, 5.41) is 0. The summed E-state index contributed by atoms with van der Waals surface area (Å²) < 4.78 is 5.90. The lowest BCUT2D eigenvalue weighted by molar-refractivity contribution is 0.0581. The fourth-order valence-electron chi connectivity index (χ4n) is 5.20. The summed E-state index contributed by atoms with van der Waals surface area (Å²) in [4.78, 5) is 21.9. The van der Waals surface area contributed by atoms with Crippen LogP contribution in [0.4, 0.5) is 0 Å². The molecule has 0 bridgehead atoms. The topological polar surface area (TPSA) is 49.6 Å². The van der Waals surface area contributed by atoms with Gasteiger partial charge in [0.25, 0.3) is 5.89 Å². The molecule has 0 aromatic carbocycles. The maximum atomic E-state index is 12.9. The minimum Gasteiger partial charge on any atom is -0.437 e. The highest BCUT2D eigenvalue weighted by Gasteiger charge is 2.31. The molecule has 5 nitrogen and oxygen atoms in total. The van der Waals surface area contributed by atoms with Crippen LogP contribution in [-0.4, -0.2) is 46.9 Å². The van der Waals surface area contributed by atoms with Crippen LogP contribution in [0.5, 0.6) is 0 Å². The Kier molecular flexibility index (Phi) is 5.35. The highest BCUT2D eigenvalue weighted by atomic mass is 16.4. The van der Waals surface area contributed by atoms with Crippen LogP contribution in [-0.2, 0) is 13.0 Å². The van der Waals surface area contributed by atoms with E-state index in [0.717, 1.165) is 50.0 Å². The number of nitrogens with zero attached hydrogens (tertiary/aromatic N) is 3. The molecule has 2 aliphatic heterocycles.